The Morgan fingerprint density at radius 3 is 2.58 bits per heavy atom. The van der Waals surface area contributed by atoms with Gasteiger partial charge in [-0.2, -0.15) is 5.26 Å². The van der Waals surface area contributed by atoms with Crippen LogP contribution < -0.4 is 0 Å². The molecule has 0 amide bonds. The van der Waals surface area contributed by atoms with Crippen LogP contribution in [0, 0.1) is 11.3 Å². The quantitative estimate of drug-likeness (QED) is 0.627. The van der Waals surface area contributed by atoms with Crippen molar-refractivity contribution >= 4 is 39.3 Å². The maximum absolute atomic E-state index is 11.5. The third-order valence-electron chi connectivity index (χ3n) is 2.16. The van der Waals surface area contributed by atoms with Crippen LogP contribution in [0.4, 0.5) is 0 Å². The van der Waals surface area contributed by atoms with Crippen molar-refractivity contribution < 1.29 is 8.42 Å². The van der Waals surface area contributed by atoms with Gasteiger partial charge in [0.25, 0.3) is 0 Å². The summed E-state index contributed by atoms with van der Waals surface area (Å²) in [5.74, 6) is 0. The highest BCUT2D eigenvalue weighted by atomic mass is 35.5. The minimum Gasteiger partial charge on any atom is -0.223 e. The number of hydrogen-bond acceptors (Lipinski definition) is 4. The zero-order valence-corrected chi connectivity index (χ0v) is 13.2. The topological polar surface area (TPSA) is 57.9 Å². The number of sulfone groups is 1. The molecule has 0 fully saturated rings. The molecule has 0 heterocycles. The second-order valence-electron chi connectivity index (χ2n) is 4.21. The van der Waals surface area contributed by atoms with Gasteiger partial charge in [0.15, 0.2) is 9.84 Å². The van der Waals surface area contributed by atoms with Crippen LogP contribution in [0.5, 0.6) is 0 Å². The highest BCUT2D eigenvalue weighted by molar-refractivity contribution is 8.00. The Kier molecular flexibility index (Phi) is 5.48. The van der Waals surface area contributed by atoms with Gasteiger partial charge in [0.1, 0.15) is 11.0 Å². The van der Waals surface area contributed by atoms with E-state index in [0.29, 0.717) is 15.8 Å². The first-order valence-corrected chi connectivity index (χ1v) is 8.67. The van der Waals surface area contributed by atoms with Gasteiger partial charge in [0.2, 0.25) is 0 Å². The van der Waals surface area contributed by atoms with Gasteiger partial charge >= 0.3 is 0 Å². The normalized spacial score (nSPS) is 12.5. The fourth-order valence-corrected chi connectivity index (χ4v) is 3.11. The molecule has 3 nitrogen and oxygen atoms in total. The molecule has 0 aliphatic rings. The van der Waals surface area contributed by atoms with E-state index in [4.69, 9.17) is 16.9 Å². The van der Waals surface area contributed by atoms with E-state index in [1.165, 1.54) is 6.08 Å². The third kappa shape index (κ3) is 4.57. The molecule has 0 atom stereocenters. The van der Waals surface area contributed by atoms with Crippen molar-refractivity contribution in [1.29, 1.82) is 5.26 Å². The van der Waals surface area contributed by atoms with Crippen LogP contribution in [-0.4, -0.2) is 19.9 Å². The molecule has 1 rings (SSSR count). The summed E-state index contributed by atoms with van der Waals surface area (Å²) in [6, 6.07) is 7.04. The van der Waals surface area contributed by atoms with E-state index in [-0.39, 0.29) is 4.91 Å². The van der Waals surface area contributed by atoms with Crippen LogP contribution in [0.3, 0.4) is 0 Å². The molecule has 0 aliphatic carbocycles. The first-order valence-electron chi connectivity index (χ1n) is 5.52. The molecule has 0 aliphatic heterocycles. The summed E-state index contributed by atoms with van der Waals surface area (Å²) < 4.78 is 22.9. The van der Waals surface area contributed by atoms with Crippen molar-refractivity contribution in [2.45, 2.75) is 24.0 Å². The van der Waals surface area contributed by atoms with E-state index in [1.807, 2.05) is 19.9 Å². The lowest BCUT2D eigenvalue weighted by atomic mass is 10.2. The number of rotatable bonds is 4. The van der Waals surface area contributed by atoms with Gasteiger partial charge in [-0.1, -0.05) is 31.5 Å². The predicted octanol–water partition coefficient (Wildman–Crippen LogP) is 3.75. The van der Waals surface area contributed by atoms with E-state index in [1.54, 1.807) is 30.0 Å². The molecule has 0 bridgehead atoms. The van der Waals surface area contributed by atoms with Gasteiger partial charge in [-0.25, -0.2) is 8.42 Å². The molecule has 0 unspecified atom stereocenters. The van der Waals surface area contributed by atoms with Crippen LogP contribution in [0.25, 0.3) is 6.08 Å². The maximum atomic E-state index is 11.5. The Balaban J connectivity index is 3.42. The average Bonchev–Trinajstić information content (AvgIpc) is 2.26. The molecular formula is C13H14ClNO2S2. The zero-order valence-electron chi connectivity index (χ0n) is 10.8. The van der Waals surface area contributed by atoms with Gasteiger partial charge in [-0.3, -0.25) is 0 Å². The summed E-state index contributed by atoms with van der Waals surface area (Å²) >= 11 is 7.67. The van der Waals surface area contributed by atoms with Crippen LogP contribution >= 0.6 is 23.4 Å². The number of halogens is 1. The molecule has 19 heavy (non-hydrogen) atoms. The molecule has 0 aromatic heterocycles. The highest BCUT2D eigenvalue weighted by Crippen LogP contribution is 2.33. The minimum absolute atomic E-state index is 0.286. The van der Waals surface area contributed by atoms with Gasteiger partial charge in [0, 0.05) is 27.0 Å². The smallest absolute Gasteiger partial charge is 0.185 e. The zero-order chi connectivity index (χ0) is 14.6. The Labute approximate surface area is 123 Å². The third-order valence-corrected chi connectivity index (χ3v) is 4.58. The summed E-state index contributed by atoms with van der Waals surface area (Å²) in [4.78, 5) is 0.574. The summed E-state index contributed by atoms with van der Waals surface area (Å²) in [5.41, 5.74) is 0.574. The molecule has 1 aromatic carbocycles. The molecule has 0 radical (unpaired) electrons. The molecule has 1 aromatic rings. The first kappa shape index (κ1) is 16.1. The minimum atomic E-state index is -3.54. The lowest BCUT2D eigenvalue weighted by molar-refractivity contribution is 0.609. The molecule has 0 N–H and O–H groups in total. The predicted molar refractivity (Wildman–Crippen MR) is 80.9 cm³/mol. The fourth-order valence-electron chi connectivity index (χ4n) is 1.37. The summed E-state index contributed by atoms with van der Waals surface area (Å²) in [7, 11) is -3.54. The number of benzene rings is 1. The fraction of sp³-hybridized carbons (Fsp3) is 0.308. The largest absolute Gasteiger partial charge is 0.223 e. The van der Waals surface area contributed by atoms with Crippen molar-refractivity contribution in [3.05, 3.63) is 33.7 Å². The number of nitrogens with zero attached hydrogens (tertiary/aromatic N) is 1. The Bertz CT molecular complexity index is 643. The maximum Gasteiger partial charge on any atom is 0.185 e. The molecule has 6 heteroatoms. The van der Waals surface area contributed by atoms with E-state index >= 15 is 0 Å². The Morgan fingerprint density at radius 2 is 2.11 bits per heavy atom. The van der Waals surface area contributed by atoms with Gasteiger partial charge in [0.05, 0.1) is 0 Å². The second kappa shape index (κ2) is 6.47. The SMILES string of the molecule is CC(C)Sc1cccc(Cl)c1C=C(C#N)S(C)(=O)=O. The number of thioether (sulfide) groups is 1. The van der Waals surface area contributed by atoms with Crippen molar-refractivity contribution in [3.63, 3.8) is 0 Å². The molecule has 0 saturated carbocycles. The summed E-state index contributed by atoms with van der Waals surface area (Å²) in [5, 5.41) is 9.70. The molecular weight excluding hydrogens is 302 g/mol. The van der Waals surface area contributed by atoms with Crippen LogP contribution in [0.1, 0.15) is 19.4 Å². The van der Waals surface area contributed by atoms with Crippen molar-refractivity contribution in [1.82, 2.24) is 0 Å². The molecule has 0 saturated heterocycles. The summed E-state index contributed by atoms with van der Waals surface area (Å²) in [6.07, 6.45) is 2.34. The van der Waals surface area contributed by atoms with E-state index in [2.05, 4.69) is 0 Å². The van der Waals surface area contributed by atoms with E-state index < -0.39 is 9.84 Å². The Hall–Kier alpha value is -0.960. The van der Waals surface area contributed by atoms with Gasteiger partial charge < -0.3 is 0 Å². The van der Waals surface area contributed by atoms with Gasteiger partial charge in [-0.15, -0.1) is 11.8 Å². The van der Waals surface area contributed by atoms with Crippen LogP contribution in [0.2, 0.25) is 5.02 Å². The van der Waals surface area contributed by atoms with Crippen molar-refractivity contribution in [3.8, 4) is 6.07 Å². The van der Waals surface area contributed by atoms with Crippen LogP contribution in [0.15, 0.2) is 28.0 Å². The Morgan fingerprint density at radius 1 is 1.47 bits per heavy atom. The van der Waals surface area contributed by atoms with Crippen LogP contribution in [-0.2, 0) is 9.84 Å². The molecule has 102 valence electrons. The lowest BCUT2D eigenvalue weighted by Gasteiger charge is -2.10. The average molecular weight is 316 g/mol. The monoisotopic (exact) mass is 315 g/mol. The number of nitriles is 1. The van der Waals surface area contributed by atoms with Crippen molar-refractivity contribution in [2.24, 2.45) is 0 Å². The first-order chi connectivity index (χ1) is 8.75. The lowest BCUT2D eigenvalue weighted by Crippen LogP contribution is -1.99. The van der Waals surface area contributed by atoms with Gasteiger partial charge in [-0.05, 0) is 18.2 Å². The highest BCUT2D eigenvalue weighted by Gasteiger charge is 2.14. The van der Waals surface area contributed by atoms with E-state index in [0.717, 1.165) is 11.2 Å². The van der Waals surface area contributed by atoms with Crippen molar-refractivity contribution in [2.75, 3.05) is 6.26 Å². The standard InChI is InChI=1S/C13H14ClNO2S2/c1-9(2)18-13-6-4-5-12(14)11(13)7-10(8-15)19(3,16)17/h4-7,9H,1-3H3. The number of allylic oxidation sites excluding steroid dienone is 1. The second-order valence-corrected chi connectivity index (χ2v) is 8.22. The number of hydrogen-bond donors (Lipinski definition) is 0. The molecule has 0 spiro atoms. The van der Waals surface area contributed by atoms with E-state index in [9.17, 15) is 8.42 Å². The summed E-state index contributed by atoms with van der Waals surface area (Å²) in [6.45, 7) is 4.06.